The molecule has 6 nitrogen and oxygen atoms in total. The molecule has 1 aromatic rings. The number of carbonyl (C=O) groups is 2. The molecule has 0 aliphatic rings. The zero-order chi connectivity index (χ0) is 15.7. The summed E-state index contributed by atoms with van der Waals surface area (Å²) in [7, 11) is 0. The van der Waals surface area contributed by atoms with Gasteiger partial charge in [-0.25, -0.2) is 9.59 Å². The quantitative estimate of drug-likeness (QED) is 0.263. The summed E-state index contributed by atoms with van der Waals surface area (Å²) in [5.74, 6) is -1.46. The molecule has 0 bridgehead atoms. The molecule has 0 amide bonds. The van der Waals surface area contributed by atoms with E-state index >= 15 is 0 Å². The Balaban J connectivity index is 3.28. The van der Waals surface area contributed by atoms with E-state index in [4.69, 9.17) is 15.0 Å². The van der Waals surface area contributed by atoms with Gasteiger partial charge in [0.25, 0.3) is 0 Å². The summed E-state index contributed by atoms with van der Waals surface area (Å²) in [5, 5.41) is 0. The van der Waals surface area contributed by atoms with Gasteiger partial charge in [0.1, 0.15) is 0 Å². The molecule has 0 unspecified atom stereocenters. The van der Waals surface area contributed by atoms with Crippen LogP contribution in [-0.4, -0.2) is 35.7 Å². The first-order chi connectivity index (χ1) is 10.1. The largest absolute Gasteiger partial charge is 0.463 e. The van der Waals surface area contributed by atoms with Crippen molar-refractivity contribution in [2.24, 2.45) is 0 Å². The summed E-state index contributed by atoms with van der Waals surface area (Å²) in [6.07, 6.45) is 1.10. The molecule has 1 aromatic carbocycles. The van der Waals surface area contributed by atoms with Crippen molar-refractivity contribution in [3.63, 3.8) is 0 Å². The van der Waals surface area contributed by atoms with Crippen molar-refractivity contribution < 1.29 is 23.9 Å². The number of ether oxygens (including phenoxy) is 2. The van der Waals surface area contributed by atoms with Gasteiger partial charge in [0.15, 0.2) is 0 Å². The molecule has 0 fully saturated rings. The highest BCUT2D eigenvalue weighted by Crippen LogP contribution is 2.16. The van der Waals surface area contributed by atoms with E-state index < -0.39 is 11.9 Å². The van der Waals surface area contributed by atoms with Gasteiger partial charge in [-0.05, 0) is 19.4 Å². The van der Waals surface area contributed by atoms with E-state index in [1.54, 1.807) is 44.2 Å². The first-order valence-electron chi connectivity index (χ1n) is 6.47. The van der Waals surface area contributed by atoms with Crippen molar-refractivity contribution in [2.45, 2.75) is 13.8 Å². The van der Waals surface area contributed by atoms with E-state index in [1.165, 1.54) is 0 Å². The normalized spacial score (nSPS) is 10.5. The van der Waals surface area contributed by atoms with Crippen LogP contribution in [0.3, 0.4) is 0 Å². The zero-order valence-corrected chi connectivity index (χ0v) is 11.9. The first kappa shape index (κ1) is 16.3. The smallest absolute Gasteiger partial charge is 0.422 e. The number of esters is 2. The predicted molar refractivity (Wildman–Crippen MR) is 76.3 cm³/mol. The number of nitrogens with zero attached hydrogens (tertiary/aromatic N) is 2. The Hall–Kier alpha value is -2.72. The highest BCUT2D eigenvalue weighted by Gasteiger charge is 2.29. The van der Waals surface area contributed by atoms with E-state index in [0.29, 0.717) is 5.56 Å². The predicted octanol–water partition coefficient (Wildman–Crippen LogP) is 1.87. The number of carbonyl (C=O) groups excluding carboxylic acids is 2. The van der Waals surface area contributed by atoms with Gasteiger partial charge in [0, 0.05) is 6.08 Å². The van der Waals surface area contributed by atoms with Crippen LogP contribution in [0.5, 0.6) is 0 Å². The minimum Gasteiger partial charge on any atom is -0.463 e. The fourth-order valence-electron chi connectivity index (χ4n) is 1.61. The van der Waals surface area contributed by atoms with Gasteiger partial charge in [0.05, 0.1) is 18.8 Å². The molecule has 0 aromatic heterocycles. The van der Waals surface area contributed by atoms with E-state index in [-0.39, 0.29) is 24.5 Å². The summed E-state index contributed by atoms with van der Waals surface area (Å²) in [5.41, 5.74) is 9.41. The van der Waals surface area contributed by atoms with Crippen LogP contribution in [0.1, 0.15) is 19.4 Å². The Kier molecular flexibility index (Phi) is 6.57. The van der Waals surface area contributed by atoms with Gasteiger partial charge < -0.3 is 15.0 Å². The summed E-state index contributed by atoms with van der Waals surface area (Å²) in [6.45, 7) is 3.62. The van der Waals surface area contributed by atoms with Crippen molar-refractivity contribution >= 4 is 23.2 Å². The molecule has 0 spiro atoms. The van der Waals surface area contributed by atoms with Crippen molar-refractivity contribution in [3.05, 3.63) is 47.5 Å². The minimum absolute atomic E-state index is 0.124. The van der Waals surface area contributed by atoms with E-state index in [1.807, 2.05) is 0 Å². The van der Waals surface area contributed by atoms with Gasteiger partial charge in [0.2, 0.25) is 0 Å². The van der Waals surface area contributed by atoms with Crippen molar-refractivity contribution in [3.8, 4) is 0 Å². The van der Waals surface area contributed by atoms with Crippen LogP contribution in [0, 0.1) is 0 Å². The minimum atomic E-state index is -0.820. The van der Waals surface area contributed by atoms with Gasteiger partial charge in [-0.1, -0.05) is 30.3 Å². The molecule has 6 heteroatoms. The van der Waals surface area contributed by atoms with Crippen molar-refractivity contribution in [2.75, 3.05) is 13.2 Å². The lowest BCUT2D eigenvalue weighted by molar-refractivity contribution is -0.139. The SMILES string of the molecule is CCOC(=O)/C=C(\C(=[N+]=[N-])C(=O)OCC)c1ccccc1. The second-order valence-electron chi connectivity index (χ2n) is 3.85. The molecular formula is C15H16N2O4. The molecule has 110 valence electrons. The van der Waals surface area contributed by atoms with Crippen molar-refractivity contribution in [1.82, 2.24) is 0 Å². The third kappa shape index (κ3) is 4.71. The highest BCUT2D eigenvalue weighted by molar-refractivity contribution is 6.52. The van der Waals surface area contributed by atoms with Crippen molar-refractivity contribution in [1.29, 1.82) is 0 Å². The topological polar surface area (TPSA) is 89.0 Å². The lowest BCUT2D eigenvalue weighted by Crippen LogP contribution is -2.21. The van der Waals surface area contributed by atoms with Crippen LogP contribution in [0.25, 0.3) is 11.1 Å². The summed E-state index contributed by atoms with van der Waals surface area (Å²) in [4.78, 5) is 26.4. The zero-order valence-electron chi connectivity index (χ0n) is 11.9. The summed E-state index contributed by atoms with van der Waals surface area (Å²) < 4.78 is 9.64. The molecule has 0 aliphatic heterocycles. The molecule has 0 saturated heterocycles. The number of rotatable bonds is 6. The summed E-state index contributed by atoms with van der Waals surface area (Å²) in [6, 6.07) is 8.60. The summed E-state index contributed by atoms with van der Waals surface area (Å²) >= 11 is 0. The molecule has 0 aliphatic carbocycles. The van der Waals surface area contributed by atoms with Crippen LogP contribution in [0.4, 0.5) is 0 Å². The monoisotopic (exact) mass is 288 g/mol. The maximum absolute atomic E-state index is 11.8. The second kappa shape index (κ2) is 8.45. The maximum atomic E-state index is 11.8. The van der Waals surface area contributed by atoms with Gasteiger partial charge in [-0.2, -0.15) is 4.79 Å². The van der Waals surface area contributed by atoms with E-state index in [0.717, 1.165) is 6.08 Å². The van der Waals surface area contributed by atoms with Crippen LogP contribution >= 0.6 is 0 Å². The Morgan fingerprint density at radius 1 is 1.14 bits per heavy atom. The van der Waals surface area contributed by atoms with Gasteiger partial charge >= 0.3 is 17.7 Å². The van der Waals surface area contributed by atoms with E-state index in [9.17, 15) is 9.59 Å². The van der Waals surface area contributed by atoms with Gasteiger partial charge in [-0.3, -0.25) is 0 Å². The average molecular weight is 288 g/mol. The van der Waals surface area contributed by atoms with Crippen LogP contribution in [0.2, 0.25) is 0 Å². The molecule has 0 radical (unpaired) electrons. The number of benzene rings is 1. The Labute approximate surface area is 122 Å². The lowest BCUT2D eigenvalue weighted by Gasteiger charge is -2.04. The highest BCUT2D eigenvalue weighted by atomic mass is 16.5. The van der Waals surface area contributed by atoms with Crippen LogP contribution in [-0.2, 0) is 19.1 Å². The number of hydrogen-bond acceptors (Lipinski definition) is 4. The molecule has 0 saturated carbocycles. The third-order valence-corrected chi connectivity index (χ3v) is 2.46. The molecule has 21 heavy (non-hydrogen) atoms. The fraction of sp³-hybridized carbons (Fsp3) is 0.267. The fourth-order valence-corrected chi connectivity index (χ4v) is 1.61. The molecule has 0 N–H and O–H groups in total. The average Bonchev–Trinajstić information content (AvgIpc) is 2.48. The second-order valence-corrected chi connectivity index (χ2v) is 3.85. The van der Waals surface area contributed by atoms with Crippen LogP contribution < -0.4 is 0 Å². The van der Waals surface area contributed by atoms with Gasteiger partial charge in [-0.15, -0.1) is 0 Å². The molecular weight excluding hydrogens is 272 g/mol. The Morgan fingerprint density at radius 2 is 1.76 bits per heavy atom. The maximum Gasteiger partial charge on any atom is 0.422 e. The molecule has 0 atom stereocenters. The lowest BCUT2D eigenvalue weighted by atomic mass is 10.0. The van der Waals surface area contributed by atoms with E-state index in [2.05, 4.69) is 4.79 Å². The third-order valence-electron chi connectivity index (χ3n) is 2.46. The first-order valence-corrected chi connectivity index (χ1v) is 6.47. The Morgan fingerprint density at radius 3 is 2.29 bits per heavy atom. The molecule has 0 heterocycles. The Bertz CT molecular complexity index is 587. The molecule has 1 rings (SSSR count). The number of hydrogen-bond donors (Lipinski definition) is 0. The standard InChI is InChI=1S/C15H16N2O4/c1-3-20-13(18)10-12(11-8-6-5-7-9-11)14(17-16)15(19)21-4-2/h5-10H,3-4H2,1-2H3/b12-10-. The van der Waals surface area contributed by atoms with Crippen LogP contribution in [0.15, 0.2) is 36.4 Å².